The van der Waals surface area contributed by atoms with Crippen LogP contribution in [0.25, 0.3) is 0 Å². The van der Waals surface area contributed by atoms with Crippen molar-refractivity contribution in [3.05, 3.63) is 11.6 Å². The molecule has 1 amide bonds. The highest BCUT2D eigenvalue weighted by Gasteiger charge is 2.69. The number of rotatable bonds is 7. The van der Waals surface area contributed by atoms with Gasteiger partial charge in [-0.3, -0.25) is 9.59 Å². The topological polar surface area (TPSA) is 81.4 Å². The molecule has 0 aromatic rings. The Balaban J connectivity index is 1.46. The predicted molar refractivity (Wildman–Crippen MR) is 175 cm³/mol. The Bertz CT molecular complexity index is 1110. The molecule has 0 heterocycles. The molecule has 4 fully saturated rings. The van der Waals surface area contributed by atoms with E-state index in [2.05, 4.69) is 66.8 Å². The molecule has 5 heteroatoms. The molecule has 0 aliphatic heterocycles. The van der Waals surface area contributed by atoms with E-state index < -0.39 is 0 Å². The molecule has 0 aromatic heterocycles. The van der Waals surface area contributed by atoms with E-state index in [9.17, 15) is 9.59 Å². The first-order chi connectivity index (χ1) is 20.1. The van der Waals surface area contributed by atoms with Crippen molar-refractivity contribution in [2.45, 2.75) is 152 Å². The summed E-state index contributed by atoms with van der Waals surface area (Å²) in [6.07, 6.45) is 15.5. The number of nitrogens with one attached hydrogen (secondary N) is 1. The van der Waals surface area contributed by atoms with Crippen LogP contribution in [-0.4, -0.2) is 30.6 Å². The van der Waals surface area contributed by atoms with E-state index in [1.54, 1.807) is 12.5 Å². The van der Waals surface area contributed by atoms with Crippen LogP contribution < -0.4 is 11.1 Å². The maximum atomic E-state index is 14.3. The lowest BCUT2D eigenvalue weighted by atomic mass is 9.33. The second-order valence-electron chi connectivity index (χ2n) is 17.3. The van der Waals surface area contributed by atoms with E-state index in [-0.39, 0.29) is 45.2 Å². The van der Waals surface area contributed by atoms with Gasteiger partial charge in [-0.1, -0.05) is 67.0 Å². The van der Waals surface area contributed by atoms with Crippen molar-refractivity contribution >= 4 is 11.9 Å². The Kier molecular flexibility index (Phi) is 8.80. The van der Waals surface area contributed by atoms with Crippen LogP contribution >= 0.6 is 0 Å². The van der Waals surface area contributed by atoms with Gasteiger partial charge in [0.2, 0.25) is 5.91 Å². The summed E-state index contributed by atoms with van der Waals surface area (Å²) in [6.45, 7) is 21.9. The Hall–Kier alpha value is -1.36. The highest BCUT2D eigenvalue weighted by Crippen LogP contribution is 2.75. The number of nitrogens with two attached hydrogens (primary N) is 1. The van der Waals surface area contributed by atoms with E-state index in [0.717, 1.165) is 70.8 Å². The molecule has 5 aliphatic rings. The Morgan fingerprint density at radius 3 is 2.40 bits per heavy atom. The molecule has 11 atom stereocenters. The quantitative estimate of drug-likeness (QED) is 0.176. The number of hydrogen-bond acceptors (Lipinski definition) is 4. The third kappa shape index (κ3) is 4.96. The minimum atomic E-state index is -0.279. The monoisotopic (exact) mass is 596 g/mol. The zero-order valence-electron chi connectivity index (χ0n) is 29.1. The first-order valence-corrected chi connectivity index (χ1v) is 18.0. The van der Waals surface area contributed by atoms with Crippen molar-refractivity contribution in [2.24, 2.45) is 62.4 Å². The second kappa shape index (κ2) is 11.5. The number of ether oxygens (including phenoxy) is 1. The van der Waals surface area contributed by atoms with E-state index in [4.69, 9.17) is 10.5 Å². The lowest BCUT2D eigenvalue weighted by Gasteiger charge is -2.71. The van der Waals surface area contributed by atoms with Crippen LogP contribution in [0.3, 0.4) is 0 Å². The number of carbonyl (C=O) groups is 2. The van der Waals surface area contributed by atoms with Crippen LogP contribution in [0.2, 0.25) is 0 Å². The van der Waals surface area contributed by atoms with Gasteiger partial charge in [0, 0.05) is 24.9 Å². The van der Waals surface area contributed by atoms with Crippen LogP contribution in [0.15, 0.2) is 11.6 Å². The van der Waals surface area contributed by atoms with Gasteiger partial charge in [0.1, 0.15) is 6.10 Å². The largest absolute Gasteiger partial charge is 0.462 e. The third-order valence-corrected chi connectivity index (χ3v) is 15.3. The van der Waals surface area contributed by atoms with E-state index >= 15 is 0 Å². The molecule has 0 spiro atoms. The molecule has 5 nitrogen and oxygen atoms in total. The fraction of sp³-hybridized carbons (Fsp3) is 0.895. The summed E-state index contributed by atoms with van der Waals surface area (Å²) >= 11 is 0. The van der Waals surface area contributed by atoms with Crippen molar-refractivity contribution < 1.29 is 14.3 Å². The van der Waals surface area contributed by atoms with Crippen molar-refractivity contribution in [1.82, 2.24) is 5.32 Å². The van der Waals surface area contributed by atoms with Gasteiger partial charge in [0.15, 0.2) is 0 Å². The summed E-state index contributed by atoms with van der Waals surface area (Å²) in [5, 5.41) is 3.44. The fourth-order valence-corrected chi connectivity index (χ4v) is 12.2. The Morgan fingerprint density at radius 2 is 1.72 bits per heavy atom. The van der Waals surface area contributed by atoms with E-state index in [1.807, 2.05) is 0 Å². The van der Waals surface area contributed by atoms with Crippen molar-refractivity contribution in [2.75, 3.05) is 6.54 Å². The number of hydrogen-bond donors (Lipinski definition) is 2. The number of esters is 1. The number of amides is 1. The second-order valence-corrected chi connectivity index (χ2v) is 17.3. The molecule has 244 valence electrons. The maximum absolute atomic E-state index is 14.3. The summed E-state index contributed by atoms with van der Waals surface area (Å²) < 4.78 is 5.94. The van der Waals surface area contributed by atoms with Crippen LogP contribution in [0.5, 0.6) is 0 Å². The molecule has 0 saturated heterocycles. The molecule has 4 saturated carbocycles. The van der Waals surface area contributed by atoms with Gasteiger partial charge < -0.3 is 15.8 Å². The zero-order valence-corrected chi connectivity index (χ0v) is 29.1. The van der Waals surface area contributed by atoms with Crippen LogP contribution in [0, 0.1) is 56.7 Å². The van der Waals surface area contributed by atoms with E-state index in [0.29, 0.717) is 35.5 Å². The Labute approximate surface area is 263 Å². The van der Waals surface area contributed by atoms with Gasteiger partial charge in [0.05, 0.1) is 5.41 Å². The lowest BCUT2D eigenvalue weighted by molar-refractivity contribution is -0.212. The molecule has 5 rings (SSSR count). The zero-order chi connectivity index (χ0) is 31.6. The smallest absolute Gasteiger partial charge is 0.302 e. The van der Waals surface area contributed by atoms with Crippen molar-refractivity contribution in [1.29, 1.82) is 0 Å². The van der Waals surface area contributed by atoms with Crippen LogP contribution in [-0.2, 0) is 14.3 Å². The van der Waals surface area contributed by atoms with Crippen molar-refractivity contribution in [3.8, 4) is 0 Å². The Morgan fingerprint density at radius 1 is 1.00 bits per heavy atom. The predicted octanol–water partition coefficient (Wildman–Crippen LogP) is 8.21. The van der Waals surface area contributed by atoms with Gasteiger partial charge >= 0.3 is 5.97 Å². The maximum Gasteiger partial charge on any atom is 0.302 e. The first-order valence-electron chi connectivity index (χ1n) is 18.0. The standard InChI is InChI=1S/C38H64N2O3/c1-10-27(39)12-11-23-40-33(42)38-20-15-24(2)25(3)32(38)28-13-14-30-35(7)18-17-31(43-26(4)41)34(5,6)29(35)16-19-37(30,9)36(28,8)21-22-38/h13,24-25,27,29-32H,10-12,14-23,39H2,1-9H3,(H,40,42)/t24-,25+,27?,29+,30-,31+,32+,35+,36-,37-,38+/m1/s1. The van der Waals surface area contributed by atoms with Gasteiger partial charge in [-0.15, -0.1) is 0 Å². The summed E-state index contributed by atoms with van der Waals surface area (Å²) in [5.74, 6) is 2.78. The molecule has 0 radical (unpaired) electrons. The SMILES string of the molecule is CCC(N)CCCNC(=O)[C@]12CC[C@@H](C)[C@H](C)[C@H]1C1=CC[C@@H]3[C@@]4(C)CC[C@H](OC(C)=O)C(C)(C)[C@@H]4CC[C@@]3(C)[C@]1(C)CC2. The third-order valence-electron chi connectivity index (χ3n) is 15.3. The molecular weight excluding hydrogens is 532 g/mol. The van der Waals surface area contributed by atoms with Crippen LogP contribution in [0.4, 0.5) is 0 Å². The molecule has 0 aromatic carbocycles. The summed E-state index contributed by atoms with van der Waals surface area (Å²) in [4.78, 5) is 26.3. The fourth-order valence-electron chi connectivity index (χ4n) is 12.2. The summed E-state index contributed by atoms with van der Waals surface area (Å²) in [7, 11) is 0. The summed E-state index contributed by atoms with van der Waals surface area (Å²) in [6, 6.07) is 0.231. The molecular formula is C38H64N2O3. The molecule has 0 bridgehead atoms. The minimum absolute atomic E-state index is 0.00815. The normalized spacial score (nSPS) is 45.8. The lowest BCUT2D eigenvalue weighted by Crippen LogP contribution is -2.66. The number of fused-ring (bicyclic) bond motifs is 7. The van der Waals surface area contributed by atoms with E-state index in [1.165, 1.54) is 12.8 Å². The summed E-state index contributed by atoms with van der Waals surface area (Å²) in [5.41, 5.74) is 8.02. The molecule has 5 aliphatic carbocycles. The highest BCUT2D eigenvalue weighted by molar-refractivity contribution is 5.84. The number of carbonyl (C=O) groups excluding carboxylic acids is 2. The van der Waals surface area contributed by atoms with Gasteiger partial charge in [0.25, 0.3) is 0 Å². The van der Waals surface area contributed by atoms with Gasteiger partial charge in [-0.05, 0) is 123 Å². The average Bonchev–Trinajstić information content (AvgIpc) is 2.94. The number of allylic oxidation sites excluding steroid dienone is 2. The molecule has 3 N–H and O–H groups in total. The highest BCUT2D eigenvalue weighted by atomic mass is 16.5. The first kappa shape index (κ1) is 33.0. The van der Waals surface area contributed by atoms with Crippen molar-refractivity contribution in [3.63, 3.8) is 0 Å². The molecule has 43 heavy (non-hydrogen) atoms. The van der Waals surface area contributed by atoms with Gasteiger partial charge in [-0.2, -0.15) is 0 Å². The minimum Gasteiger partial charge on any atom is -0.462 e. The van der Waals surface area contributed by atoms with Crippen LogP contribution in [0.1, 0.15) is 139 Å². The average molecular weight is 597 g/mol. The van der Waals surface area contributed by atoms with Gasteiger partial charge in [-0.25, -0.2) is 0 Å². The molecule has 1 unspecified atom stereocenters.